The molecule has 144 valence electrons. The number of aliphatic hydroxyl groups is 2. The third-order valence-corrected chi connectivity index (χ3v) is 5.65. The molecule has 0 saturated heterocycles. The minimum atomic E-state index is -1.80. The highest BCUT2D eigenvalue weighted by Gasteiger charge is 2.47. The van der Waals surface area contributed by atoms with Crippen LogP contribution in [0.3, 0.4) is 0 Å². The summed E-state index contributed by atoms with van der Waals surface area (Å²) in [7, 11) is 1.36. The van der Waals surface area contributed by atoms with Crippen LogP contribution < -0.4 is 4.74 Å². The van der Waals surface area contributed by atoms with Gasteiger partial charge in [0.2, 0.25) is 5.78 Å². The maximum atomic E-state index is 13.1. The minimum Gasteiger partial charge on any atom is -0.507 e. The van der Waals surface area contributed by atoms with Crippen LogP contribution in [0, 0.1) is 0 Å². The molecule has 0 aromatic heterocycles. The average Bonchev–Trinajstić information content (AvgIpc) is 2.68. The highest BCUT2D eigenvalue weighted by molar-refractivity contribution is 6.31. The second-order valence-electron chi connectivity index (χ2n) is 7.08. The number of hydrogen-bond acceptors (Lipinski definition) is 7. The molecule has 0 aliphatic heterocycles. The normalized spacial score (nSPS) is 23.1. The van der Waals surface area contributed by atoms with Gasteiger partial charge in [0.1, 0.15) is 17.1 Å². The lowest BCUT2D eigenvalue weighted by molar-refractivity contribution is -0.00987. The van der Waals surface area contributed by atoms with Gasteiger partial charge in [-0.25, -0.2) is 0 Å². The van der Waals surface area contributed by atoms with Crippen LogP contribution in [-0.4, -0.2) is 45.4 Å². The lowest BCUT2D eigenvalue weighted by Gasteiger charge is -2.35. The van der Waals surface area contributed by atoms with Crippen molar-refractivity contribution in [2.75, 3.05) is 7.11 Å². The number of aliphatic hydroxyl groups excluding tert-OH is 1. The molecule has 2 aliphatic carbocycles. The number of phenolic OH excluding ortho intramolecular Hbond substituents is 1. The Bertz CT molecular complexity index is 1070. The lowest BCUT2D eigenvalue weighted by Crippen LogP contribution is -2.44. The Hall–Kier alpha value is -3.03. The van der Waals surface area contributed by atoms with Crippen molar-refractivity contribution in [3.05, 3.63) is 57.6 Å². The first-order valence-corrected chi connectivity index (χ1v) is 8.86. The summed E-state index contributed by atoms with van der Waals surface area (Å²) in [5, 5.41) is 31.8. The Kier molecular flexibility index (Phi) is 3.92. The fourth-order valence-corrected chi connectivity index (χ4v) is 4.08. The summed E-state index contributed by atoms with van der Waals surface area (Å²) in [5.41, 5.74) is -2.36. The number of Topliss-reactive ketones (excluding diaryl/α,β-unsaturated/α-hetero) is 1. The van der Waals surface area contributed by atoms with Crippen molar-refractivity contribution in [3.8, 4) is 11.5 Å². The molecule has 3 N–H and O–H groups in total. The molecule has 0 heterocycles. The van der Waals surface area contributed by atoms with E-state index in [2.05, 4.69) is 0 Å². The van der Waals surface area contributed by atoms with E-state index in [1.807, 2.05) is 0 Å². The highest BCUT2D eigenvalue weighted by Crippen LogP contribution is 2.46. The Labute approximate surface area is 160 Å². The van der Waals surface area contributed by atoms with Crippen molar-refractivity contribution < 1.29 is 34.4 Å². The van der Waals surface area contributed by atoms with Gasteiger partial charge in [-0.15, -0.1) is 0 Å². The minimum absolute atomic E-state index is 0.0273. The largest absolute Gasteiger partial charge is 0.507 e. The zero-order valence-corrected chi connectivity index (χ0v) is 15.3. The molecule has 28 heavy (non-hydrogen) atoms. The van der Waals surface area contributed by atoms with Gasteiger partial charge in [0.15, 0.2) is 11.6 Å². The highest BCUT2D eigenvalue weighted by atomic mass is 16.5. The van der Waals surface area contributed by atoms with E-state index in [0.29, 0.717) is 0 Å². The van der Waals surface area contributed by atoms with E-state index in [0.717, 1.165) is 0 Å². The fraction of sp³-hybridized carbons (Fsp3) is 0.286. The SMILES string of the molecule is CC[C@]1(O)C[C@@H](O)c2c(cc3c(c2O)C(=O)c2c(OC)cccc2C3=O)C1=O. The van der Waals surface area contributed by atoms with Crippen molar-refractivity contribution in [1.29, 1.82) is 0 Å². The van der Waals surface area contributed by atoms with E-state index >= 15 is 0 Å². The van der Waals surface area contributed by atoms with Crippen molar-refractivity contribution in [3.63, 3.8) is 0 Å². The molecule has 2 aromatic rings. The van der Waals surface area contributed by atoms with Crippen molar-refractivity contribution in [1.82, 2.24) is 0 Å². The van der Waals surface area contributed by atoms with E-state index in [4.69, 9.17) is 4.74 Å². The average molecular weight is 382 g/mol. The van der Waals surface area contributed by atoms with E-state index in [9.17, 15) is 29.7 Å². The molecular formula is C21H18O7. The number of aromatic hydroxyl groups is 1. The zero-order chi connectivity index (χ0) is 20.4. The predicted molar refractivity (Wildman–Crippen MR) is 97.1 cm³/mol. The van der Waals surface area contributed by atoms with Gasteiger partial charge in [0.25, 0.3) is 0 Å². The molecule has 0 bridgehead atoms. The van der Waals surface area contributed by atoms with E-state index in [1.165, 1.54) is 25.3 Å². The standard InChI is InChI=1S/C21H18O7/c1-3-21(27)8-12(22)14-11(20(21)26)7-10-16(18(14)24)19(25)15-9(17(10)23)5-4-6-13(15)28-2/h4-7,12,22,24,27H,3,8H2,1-2H3/t12-,21+/m1/s1. The third kappa shape index (κ3) is 2.20. The number of fused-ring (bicyclic) bond motifs is 3. The topological polar surface area (TPSA) is 121 Å². The van der Waals surface area contributed by atoms with Gasteiger partial charge in [-0.1, -0.05) is 19.1 Å². The maximum absolute atomic E-state index is 13.1. The summed E-state index contributed by atoms with van der Waals surface area (Å²) >= 11 is 0. The number of rotatable bonds is 2. The number of carbonyl (C=O) groups excluding carboxylic acids is 3. The fourth-order valence-electron chi connectivity index (χ4n) is 4.08. The Morgan fingerprint density at radius 3 is 2.46 bits per heavy atom. The number of phenols is 1. The number of ether oxygens (including phenoxy) is 1. The molecule has 7 heteroatoms. The molecule has 0 amide bonds. The summed E-state index contributed by atoms with van der Waals surface area (Å²) in [6.45, 7) is 1.60. The van der Waals surface area contributed by atoms with E-state index < -0.39 is 34.8 Å². The summed E-state index contributed by atoms with van der Waals surface area (Å²) in [6, 6.07) is 5.76. The summed E-state index contributed by atoms with van der Waals surface area (Å²) in [5.74, 6) is -2.28. The number of ketones is 3. The molecule has 0 spiro atoms. The Morgan fingerprint density at radius 1 is 1.11 bits per heavy atom. The number of methoxy groups -OCH3 is 1. The monoisotopic (exact) mass is 382 g/mol. The molecular weight excluding hydrogens is 364 g/mol. The van der Waals surface area contributed by atoms with E-state index in [-0.39, 0.29) is 52.0 Å². The number of carbonyl (C=O) groups is 3. The molecule has 0 fully saturated rings. The number of benzene rings is 2. The van der Waals surface area contributed by atoms with Crippen molar-refractivity contribution >= 4 is 17.3 Å². The van der Waals surface area contributed by atoms with Crippen LogP contribution in [-0.2, 0) is 0 Å². The first-order valence-electron chi connectivity index (χ1n) is 8.86. The molecule has 2 aromatic carbocycles. The van der Waals surface area contributed by atoms with Gasteiger partial charge in [-0.2, -0.15) is 0 Å². The van der Waals surface area contributed by atoms with Gasteiger partial charge in [-0.3, -0.25) is 14.4 Å². The van der Waals surface area contributed by atoms with Crippen LogP contribution in [0.15, 0.2) is 24.3 Å². The van der Waals surface area contributed by atoms with Crippen LogP contribution in [0.2, 0.25) is 0 Å². The van der Waals surface area contributed by atoms with Crippen molar-refractivity contribution in [2.24, 2.45) is 0 Å². The van der Waals surface area contributed by atoms with Crippen LogP contribution >= 0.6 is 0 Å². The van der Waals surface area contributed by atoms with Crippen molar-refractivity contribution in [2.45, 2.75) is 31.5 Å². The Morgan fingerprint density at radius 2 is 1.82 bits per heavy atom. The molecule has 0 radical (unpaired) electrons. The zero-order valence-electron chi connectivity index (χ0n) is 15.3. The van der Waals surface area contributed by atoms with Crippen LogP contribution in [0.25, 0.3) is 0 Å². The smallest absolute Gasteiger partial charge is 0.201 e. The lowest BCUT2D eigenvalue weighted by atomic mass is 9.72. The first kappa shape index (κ1) is 18.3. The second kappa shape index (κ2) is 5.98. The molecule has 7 nitrogen and oxygen atoms in total. The summed E-state index contributed by atoms with van der Waals surface area (Å²) in [6.07, 6.45) is -1.60. The Balaban J connectivity index is 2.02. The van der Waals surface area contributed by atoms with Gasteiger partial charge in [-0.05, 0) is 18.6 Å². The van der Waals surface area contributed by atoms with Crippen LogP contribution in [0.4, 0.5) is 0 Å². The van der Waals surface area contributed by atoms with Gasteiger partial charge < -0.3 is 20.1 Å². The second-order valence-corrected chi connectivity index (χ2v) is 7.08. The van der Waals surface area contributed by atoms with Gasteiger partial charge >= 0.3 is 0 Å². The molecule has 0 unspecified atom stereocenters. The molecule has 0 saturated carbocycles. The third-order valence-electron chi connectivity index (χ3n) is 5.65. The van der Waals surface area contributed by atoms with Crippen LogP contribution in [0.5, 0.6) is 11.5 Å². The molecule has 4 rings (SSSR count). The quantitative estimate of drug-likeness (QED) is 0.619. The van der Waals surface area contributed by atoms with Gasteiger partial charge in [0.05, 0.1) is 24.3 Å². The maximum Gasteiger partial charge on any atom is 0.201 e. The summed E-state index contributed by atoms with van der Waals surface area (Å²) < 4.78 is 5.19. The predicted octanol–water partition coefficient (Wildman–Crippen LogP) is 1.94. The molecule has 2 atom stereocenters. The first-order chi connectivity index (χ1) is 13.2. The van der Waals surface area contributed by atoms with Crippen LogP contribution in [0.1, 0.15) is 73.6 Å². The molecule has 2 aliphatic rings. The van der Waals surface area contributed by atoms with Gasteiger partial charge in [0, 0.05) is 28.7 Å². The van der Waals surface area contributed by atoms with E-state index in [1.54, 1.807) is 13.0 Å². The number of hydrogen-bond donors (Lipinski definition) is 3. The summed E-state index contributed by atoms with van der Waals surface area (Å²) in [4.78, 5) is 38.9.